The van der Waals surface area contributed by atoms with Crippen molar-refractivity contribution in [2.24, 2.45) is 4.99 Å². The lowest BCUT2D eigenvalue weighted by molar-refractivity contribution is -0.120. The molecule has 1 aliphatic rings. The van der Waals surface area contributed by atoms with Crippen molar-refractivity contribution < 1.29 is 14.0 Å². The van der Waals surface area contributed by atoms with Crippen LogP contribution in [0.3, 0.4) is 0 Å². The van der Waals surface area contributed by atoms with Crippen molar-refractivity contribution in [3.63, 3.8) is 0 Å². The summed E-state index contributed by atoms with van der Waals surface area (Å²) >= 11 is 3.35. The van der Waals surface area contributed by atoms with Crippen LogP contribution in [0, 0.1) is 5.82 Å². The Kier molecular flexibility index (Phi) is 4.71. The summed E-state index contributed by atoms with van der Waals surface area (Å²) in [7, 11) is 0. The van der Waals surface area contributed by atoms with E-state index in [1.165, 1.54) is 18.2 Å². The maximum absolute atomic E-state index is 13.2. The molecule has 2 N–H and O–H groups in total. The highest BCUT2D eigenvalue weighted by Gasteiger charge is 2.23. The van der Waals surface area contributed by atoms with E-state index in [0.717, 1.165) is 16.1 Å². The first-order chi connectivity index (χ1) is 11.5. The molecule has 0 bridgehead atoms. The Morgan fingerprint density at radius 2 is 2.00 bits per heavy atom. The van der Waals surface area contributed by atoms with Gasteiger partial charge < -0.3 is 0 Å². The van der Waals surface area contributed by atoms with Gasteiger partial charge in [-0.1, -0.05) is 34.1 Å². The molecule has 0 fully saturated rings. The van der Waals surface area contributed by atoms with Crippen molar-refractivity contribution in [2.45, 2.75) is 12.5 Å². The number of halogens is 2. The van der Waals surface area contributed by atoms with Gasteiger partial charge in [0.1, 0.15) is 5.82 Å². The van der Waals surface area contributed by atoms with E-state index in [9.17, 15) is 14.0 Å². The van der Waals surface area contributed by atoms with E-state index < -0.39 is 11.7 Å². The average Bonchev–Trinajstić information content (AvgIpc) is 2.55. The maximum atomic E-state index is 13.2. The molecule has 0 saturated heterocycles. The predicted octanol–water partition coefficient (Wildman–Crippen LogP) is 2.94. The monoisotopic (exact) mass is 389 g/mol. The number of hydrogen-bond acceptors (Lipinski definition) is 3. The van der Waals surface area contributed by atoms with E-state index in [1.807, 2.05) is 24.3 Å². The Hall–Kier alpha value is -2.54. The Morgan fingerprint density at radius 1 is 1.25 bits per heavy atom. The molecule has 1 atom stereocenters. The number of carbonyl (C=O) groups excluding carboxylic acids is 2. The molecule has 3 rings (SSSR count). The molecule has 1 unspecified atom stereocenters. The highest BCUT2D eigenvalue weighted by atomic mass is 79.9. The van der Waals surface area contributed by atoms with Crippen LogP contribution in [0.2, 0.25) is 0 Å². The molecule has 0 aromatic heterocycles. The van der Waals surface area contributed by atoms with Gasteiger partial charge in [0.05, 0.1) is 12.5 Å². The maximum Gasteiger partial charge on any atom is 0.258 e. The zero-order valence-corrected chi connectivity index (χ0v) is 14.0. The van der Waals surface area contributed by atoms with E-state index >= 15 is 0 Å². The zero-order chi connectivity index (χ0) is 17.1. The van der Waals surface area contributed by atoms with Crippen LogP contribution in [0.15, 0.2) is 58.0 Å². The Bertz CT molecular complexity index is 821. The van der Waals surface area contributed by atoms with Crippen molar-refractivity contribution in [3.8, 4) is 0 Å². The zero-order valence-electron chi connectivity index (χ0n) is 12.4. The lowest BCUT2D eigenvalue weighted by Crippen LogP contribution is -2.47. The fourth-order valence-corrected chi connectivity index (χ4v) is 2.61. The summed E-state index contributed by atoms with van der Waals surface area (Å²) in [4.78, 5) is 28.4. The van der Waals surface area contributed by atoms with Gasteiger partial charge in [-0.3, -0.25) is 20.2 Å². The lowest BCUT2D eigenvalue weighted by atomic mass is 10.0. The van der Waals surface area contributed by atoms with Crippen LogP contribution in [0.1, 0.15) is 28.4 Å². The third-order valence-corrected chi connectivity index (χ3v) is 4.02. The highest BCUT2D eigenvalue weighted by molar-refractivity contribution is 9.10. The molecule has 2 amide bonds. The molecule has 2 aromatic carbocycles. The van der Waals surface area contributed by atoms with Gasteiger partial charge in [0.2, 0.25) is 11.9 Å². The number of amides is 2. The SMILES string of the molecule is O=C1CC(c2ccc(Br)cc2)N=C(NC(=O)c2cccc(F)c2)N1. The number of rotatable bonds is 2. The molecule has 5 nitrogen and oxygen atoms in total. The van der Waals surface area contributed by atoms with Crippen molar-refractivity contribution >= 4 is 33.7 Å². The van der Waals surface area contributed by atoms with Gasteiger partial charge in [0.25, 0.3) is 5.91 Å². The number of hydrogen-bond donors (Lipinski definition) is 2. The van der Waals surface area contributed by atoms with Gasteiger partial charge in [-0.05, 0) is 35.9 Å². The summed E-state index contributed by atoms with van der Waals surface area (Å²) in [6.07, 6.45) is 0.195. The summed E-state index contributed by atoms with van der Waals surface area (Å²) in [6.45, 7) is 0. The number of nitrogens with zero attached hydrogens (tertiary/aromatic N) is 1. The van der Waals surface area contributed by atoms with Crippen LogP contribution >= 0.6 is 15.9 Å². The highest BCUT2D eigenvalue weighted by Crippen LogP contribution is 2.24. The fourth-order valence-electron chi connectivity index (χ4n) is 2.34. The van der Waals surface area contributed by atoms with Crippen LogP contribution in [0.4, 0.5) is 4.39 Å². The third kappa shape index (κ3) is 3.86. The number of guanidine groups is 1. The van der Waals surface area contributed by atoms with Crippen molar-refractivity contribution in [2.75, 3.05) is 0 Å². The lowest BCUT2D eigenvalue weighted by Gasteiger charge is -2.21. The second kappa shape index (κ2) is 6.92. The molecule has 2 aromatic rings. The minimum absolute atomic E-state index is 0.0634. The van der Waals surface area contributed by atoms with Crippen LogP contribution < -0.4 is 10.6 Å². The Labute approximate surface area is 146 Å². The number of aliphatic imine (C=N–C) groups is 1. The predicted molar refractivity (Wildman–Crippen MR) is 90.9 cm³/mol. The summed E-state index contributed by atoms with van der Waals surface area (Å²) in [5.74, 6) is -1.23. The van der Waals surface area contributed by atoms with Gasteiger partial charge in [0.15, 0.2) is 0 Å². The average molecular weight is 390 g/mol. The molecule has 0 spiro atoms. The quantitative estimate of drug-likeness (QED) is 0.828. The molecule has 1 aliphatic heterocycles. The van der Waals surface area contributed by atoms with E-state index in [1.54, 1.807) is 0 Å². The molecule has 122 valence electrons. The number of nitrogens with one attached hydrogen (secondary N) is 2. The Balaban J connectivity index is 1.80. The topological polar surface area (TPSA) is 70.6 Å². The fraction of sp³-hybridized carbons (Fsp3) is 0.118. The van der Waals surface area contributed by atoms with Gasteiger partial charge >= 0.3 is 0 Å². The molecular weight excluding hydrogens is 377 g/mol. The van der Waals surface area contributed by atoms with E-state index in [0.29, 0.717) is 0 Å². The smallest absolute Gasteiger partial charge is 0.258 e. The standard InChI is InChI=1S/C17H13BrFN3O2/c18-12-6-4-10(5-7-12)14-9-15(23)21-17(20-14)22-16(24)11-2-1-3-13(19)8-11/h1-8,14H,9H2,(H2,20,21,22,23,24). The molecule has 0 saturated carbocycles. The molecule has 1 heterocycles. The largest absolute Gasteiger partial charge is 0.296 e. The summed E-state index contributed by atoms with van der Waals surface area (Å²) in [6, 6.07) is 12.4. The van der Waals surface area contributed by atoms with Crippen molar-refractivity contribution in [1.82, 2.24) is 10.6 Å². The van der Waals surface area contributed by atoms with Crippen LogP contribution in [-0.2, 0) is 4.79 Å². The third-order valence-electron chi connectivity index (χ3n) is 3.50. The molecule has 0 aliphatic carbocycles. The van der Waals surface area contributed by atoms with Gasteiger partial charge in [0, 0.05) is 10.0 Å². The first-order valence-electron chi connectivity index (χ1n) is 7.21. The van der Waals surface area contributed by atoms with Crippen LogP contribution in [0.5, 0.6) is 0 Å². The summed E-state index contributed by atoms with van der Waals surface area (Å²) < 4.78 is 14.1. The van der Waals surface area contributed by atoms with E-state index in [-0.39, 0.29) is 29.9 Å². The van der Waals surface area contributed by atoms with Crippen LogP contribution in [-0.4, -0.2) is 17.8 Å². The first-order valence-corrected chi connectivity index (χ1v) is 8.00. The van der Waals surface area contributed by atoms with Crippen LogP contribution in [0.25, 0.3) is 0 Å². The molecule has 7 heteroatoms. The van der Waals surface area contributed by atoms with Gasteiger partial charge in [-0.2, -0.15) is 0 Å². The number of carbonyl (C=O) groups is 2. The minimum atomic E-state index is -0.537. The minimum Gasteiger partial charge on any atom is -0.296 e. The molecule has 24 heavy (non-hydrogen) atoms. The summed E-state index contributed by atoms with van der Waals surface area (Å²) in [5.41, 5.74) is 1.02. The normalized spacial score (nSPS) is 17.0. The van der Waals surface area contributed by atoms with E-state index in [2.05, 4.69) is 31.6 Å². The van der Waals surface area contributed by atoms with Crippen molar-refractivity contribution in [1.29, 1.82) is 0 Å². The Morgan fingerprint density at radius 3 is 2.71 bits per heavy atom. The van der Waals surface area contributed by atoms with E-state index in [4.69, 9.17) is 0 Å². The van der Waals surface area contributed by atoms with Crippen molar-refractivity contribution in [3.05, 3.63) is 69.9 Å². The second-order valence-corrected chi connectivity index (χ2v) is 6.18. The van der Waals surface area contributed by atoms with Gasteiger partial charge in [-0.25, -0.2) is 9.38 Å². The first kappa shape index (κ1) is 16.3. The van der Waals surface area contributed by atoms with Gasteiger partial charge in [-0.15, -0.1) is 0 Å². The molecule has 0 radical (unpaired) electrons. The molecular formula is C17H13BrFN3O2. The number of benzene rings is 2. The second-order valence-electron chi connectivity index (χ2n) is 5.26. The summed E-state index contributed by atoms with van der Waals surface area (Å²) in [5, 5.41) is 5.03.